The minimum Gasteiger partial charge on any atom is -0.319 e. The van der Waals surface area contributed by atoms with Gasteiger partial charge in [0, 0.05) is 24.5 Å². The Labute approximate surface area is 95.1 Å². The van der Waals surface area contributed by atoms with E-state index in [1.807, 2.05) is 43.1 Å². The number of hydrogen-bond donors (Lipinski definition) is 1. The molecule has 0 amide bonds. The van der Waals surface area contributed by atoms with E-state index in [4.69, 9.17) is 5.73 Å². The predicted octanol–water partition coefficient (Wildman–Crippen LogP) is 1.65. The number of aryl methyl sites for hydroxylation is 2. The lowest BCUT2D eigenvalue weighted by atomic mass is 10.0. The standard InChI is InChI=1S/C12H16N4/c1-3-16-8-10(7-15-16)11(13)12-9(2)5-4-6-14-12/h4-8,11H,3,13H2,1-2H3. The fourth-order valence-corrected chi connectivity index (χ4v) is 1.69. The lowest BCUT2D eigenvalue weighted by molar-refractivity contribution is 0.658. The Morgan fingerprint density at radius 2 is 2.31 bits per heavy atom. The molecule has 0 aliphatic rings. The van der Waals surface area contributed by atoms with E-state index >= 15 is 0 Å². The maximum atomic E-state index is 6.17. The molecule has 0 aromatic carbocycles. The van der Waals surface area contributed by atoms with Crippen LogP contribution in [-0.4, -0.2) is 14.8 Å². The first-order chi connectivity index (χ1) is 7.72. The Morgan fingerprint density at radius 3 is 2.94 bits per heavy atom. The molecule has 2 aromatic rings. The molecule has 0 bridgehead atoms. The first-order valence-electron chi connectivity index (χ1n) is 5.41. The van der Waals surface area contributed by atoms with Crippen molar-refractivity contribution >= 4 is 0 Å². The van der Waals surface area contributed by atoms with Gasteiger partial charge < -0.3 is 5.73 Å². The summed E-state index contributed by atoms with van der Waals surface area (Å²) in [6.45, 7) is 4.93. The second-order valence-corrected chi connectivity index (χ2v) is 3.81. The molecular formula is C12H16N4. The van der Waals surface area contributed by atoms with Crippen LogP contribution < -0.4 is 5.73 Å². The van der Waals surface area contributed by atoms with Gasteiger partial charge >= 0.3 is 0 Å². The zero-order valence-corrected chi connectivity index (χ0v) is 9.59. The van der Waals surface area contributed by atoms with Crippen molar-refractivity contribution in [3.8, 4) is 0 Å². The van der Waals surface area contributed by atoms with E-state index in [0.717, 1.165) is 23.4 Å². The van der Waals surface area contributed by atoms with Crippen molar-refractivity contribution in [3.63, 3.8) is 0 Å². The summed E-state index contributed by atoms with van der Waals surface area (Å²) in [4.78, 5) is 4.33. The molecule has 0 aliphatic carbocycles. The number of hydrogen-bond acceptors (Lipinski definition) is 3. The van der Waals surface area contributed by atoms with Gasteiger partial charge in [-0.25, -0.2) is 0 Å². The minimum absolute atomic E-state index is 0.193. The summed E-state index contributed by atoms with van der Waals surface area (Å²) in [6.07, 6.45) is 5.55. The molecule has 2 heterocycles. The van der Waals surface area contributed by atoms with Gasteiger partial charge in [0.1, 0.15) is 0 Å². The molecule has 4 heteroatoms. The van der Waals surface area contributed by atoms with Gasteiger partial charge in [0.15, 0.2) is 0 Å². The molecule has 84 valence electrons. The van der Waals surface area contributed by atoms with Crippen molar-refractivity contribution < 1.29 is 0 Å². The number of nitrogens with zero attached hydrogens (tertiary/aromatic N) is 3. The maximum absolute atomic E-state index is 6.17. The van der Waals surface area contributed by atoms with Gasteiger partial charge in [-0.3, -0.25) is 9.67 Å². The van der Waals surface area contributed by atoms with Gasteiger partial charge in [-0.05, 0) is 25.5 Å². The van der Waals surface area contributed by atoms with Gasteiger partial charge in [0.25, 0.3) is 0 Å². The molecule has 0 spiro atoms. The fraction of sp³-hybridized carbons (Fsp3) is 0.333. The van der Waals surface area contributed by atoms with Crippen LogP contribution in [0.25, 0.3) is 0 Å². The largest absolute Gasteiger partial charge is 0.319 e. The highest BCUT2D eigenvalue weighted by Gasteiger charge is 2.14. The van der Waals surface area contributed by atoms with E-state index in [1.165, 1.54) is 0 Å². The van der Waals surface area contributed by atoms with E-state index in [9.17, 15) is 0 Å². The smallest absolute Gasteiger partial charge is 0.0759 e. The van der Waals surface area contributed by atoms with E-state index < -0.39 is 0 Å². The average Bonchev–Trinajstić information content (AvgIpc) is 2.77. The lowest BCUT2D eigenvalue weighted by Crippen LogP contribution is -2.14. The highest BCUT2D eigenvalue weighted by Crippen LogP contribution is 2.19. The summed E-state index contributed by atoms with van der Waals surface area (Å²) in [7, 11) is 0. The summed E-state index contributed by atoms with van der Waals surface area (Å²) < 4.78 is 1.87. The topological polar surface area (TPSA) is 56.7 Å². The Hall–Kier alpha value is -1.68. The van der Waals surface area contributed by atoms with Gasteiger partial charge in [-0.2, -0.15) is 5.10 Å². The molecule has 2 aromatic heterocycles. The van der Waals surface area contributed by atoms with Crippen LogP contribution in [0.4, 0.5) is 0 Å². The van der Waals surface area contributed by atoms with E-state index in [0.29, 0.717) is 0 Å². The molecule has 0 radical (unpaired) electrons. The predicted molar refractivity (Wildman–Crippen MR) is 62.9 cm³/mol. The minimum atomic E-state index is -0.193. The Balaban J connectivity index is 2.31. The van der Waals surface area contributed by atoms with Crippen LogP contribution in [0, 0.1) is 6.92 Å². The maximum Gasteiger partial charge on any atom is 0.0759 e. The summed E-state index contributed by atoms with van der Waals surface area (Å²) in [5.41, 5.74) is 9.20. The van der Waals surface area contributed by atoms with Crippen LogP contribution in [0.3, 0.4) is 0 Å². The summed E-state index contributed by atoms with van der Waals surface area (Å²) in [5, 5.41) is 4.22. The van der Waals surface area contributed by atoms with Crippen LogP contribution in [0.5, 0.6) is 0 Å². The van der Waals surface area contributed by atoms with Crippen molar-refractivity contribution in [2.75, 3.05) is 0 Å². The van der Waals surface area contributed by atoms with Crippen LogP contribution in [0.1, 0.15) is 29.8 Å². The van der Waals surface area contributed by atoms with Crippen LogP contribution in [-0.2, 0) is 6.54 Å². The second-order valence-electron chi connectivity index (χ2n) is 3.81. The number of nitrogens with two attached hydrogens (primary N) is 1. The quantitative estimate of drug-likeness (QED) is 0.848. The zero-order chi connectivity index (χ0) is 11.5. The molecule has 2 rings (SSSR count). The number of aromatic nitrogens is 3. The third-order valence-electron chi connectivity index (χ3n) is 2.68. The van der Waals surface area contributed by atoms with Crippen LogP contribution in [0.15, 0.2) is 30.7 Å². The fourth-order valence-electron chi connectivity index (χ4n) is 1.69. The third-order valence-corrected chi connectivity index (χ3v) is 2.68. The first-order valence-corrected chi connectivity index (χ1v) is 5.41. The van der Waals surface area contributed by atoms with Crippen LogP contribution in [0.2, 0.25) is 0 Å². The third kappa shape index (κ3) is 1.97. The lowest BCUT2D eigenvalue weighted by Gasteiger charge is -2.11. The van der Waals surface area contributed by atoms with E-state index in [1.54, 1.807) is 6.20 Å². The molecule has 4 nitrogen and oxygen atoms in total. The second kappa shape index (κ2) is 4.45. The summed E-state index contributed by atoms with van der Waals surface area (Å²) in [5.74, 6) is 0. The molecular weight excluding hydrogens is 200 g/mol. The number of rotatable bonds is 3. The first kappa shape index (κ1) is 10.8. The summed E-state index contributed by atoms with van der Waals surface area (Å²) >= 11 is 0. The van der Waals surface area contributed by atoms with Crippen molar-refractivity contribution in [2.45, 2.75) is 26.4 Å². The van der Waals surface area contributed by atoms with Gasteiger partial charge in [0.2, 0.25) is 0 Å². The Morgan fingerprint density at radius 1 is 1.50 bits per heavy atom. The molecule has 2 N–H and O–H groups in total. The molecule has 0 saturated carbocycles. The zero-order valence-electron chi connectivity index (χ0n) is 9.59. The monoisotopic (exact) mass is 216 g/mol. The van der Waals surface area contributed by atoms with Gasteiger partial charge in [-0.1, -0.05) is 6.07 Å². The summed E-state index contributed by atoms with van der Waals surface area (Å²) in [6, 6.07) is 3.74. The highest BCUT2D eigenvalue weighted by atomic mass is 15.3. The molecule has 16 heavy (non-hydrogen) atoms. The van der Waals surface area contributed by atoms with Crippen LogP contribution >= 0.6 is 0 Å². The molecule has 1 unspecified atom stereocenters. The van der Waals surface area contributed by atoms with Gasteiger partial charge in [0.05, 0.1) is 17.9 Å². The Kier molecular flexibility index (Phi) is 3.01. The molecule has 0 fully saturated rings. The van der Waals surface area contributed by atoms with E-state index in [2.05, 4.69) is 10.1 Å². The molecule has 0 aliphatic heterocycles. The van der Waals surface area contributed by atoms with Crippen molar-refractivity contribution in [1.82, 2.24) is 14.8 Å². The Bertz CT molecular complexity index is 475. The SMILES string of the molecule is CCn1cc(C(N)c2ncccc2C)cn1. The highest BCUT2D eigenvalue weighted by molar-refractivity contribution is 5.28. The van der Waals surface area contributed by atoms with Crippen molar-refractivity contribution in [2.24, 2.45) is 5.73 Å². The van der Waals surface area contributed by atoms with Crippen molar-refractivity contribution in [1.29, 1.82) is 0 Å². The average molecular weight is 216 g/mol. The molecule has 1 atom stereocenters. The normalized spacial score (nSPS) is 12.7. The van der Waals surface area contributed by atoms with Gasteiger partial charge in [-0.15, -0.1) is 0 Å². The van der Waals surface area contributed by atoms with E-state index in [-0.39, 0.29) is 6.04 Å². The number of pyridine rings is 1. The van der Waals surface area contributed by atoms with Crippen molar-refractivity contribution in [3.05, 3.63) is 47.5 Å². The molecule has 0 saturated heterocycles.